The van der Waals surface area contributed by atoms with E-state index in [9.17, 15) is 4.79 Å². The molecule has 1 heterocycles. The molecule has 0 aliphatic heterocycles. The quantitative estimate of drug-likeness (QED) is 0.943. The zero-order valence-corrected chi connectivity index (χ0v) is 14.4. The van der Waals surface area contributed by atoms with Crippen LogP contribution in [0.1, 0.15) is 37.0 Å². The van der Waals surface area contributed by atoms with Crippen LogP contribution < -0.4 is 5.32 Å². The van der Waals surface area contributed by atoms with E-state index in [2.05, 4.69) is 24.3 Å². The maximum Gasteiger partial charge on any atom is 0.255 e. The molecule has 1 unspecified atom stereocenters. The molecule has 3 fully saturated rings. The lowest BCUT2D eigenvalue weighted by molar-refractivity contribution is 0.0902. The molecule has 1 aromatic carbocycles. The summed E-state index contributed by atoms with van der Waals surface area (Å²) in [6.07, 6.45) is 4.19. The van der Waals surface area contributed by atoms with Gasteiger partial charge in [-0.25, -0.2) is 0 Å². The van der Waals surface area contributed by atoms with Crippen LogP contribution in [-0.2, 0) is 7.05 Å². The lowest BCUT2D eigenvalue weighted by Crippen LogP contribution is -2.42. The number of benzene rings is 1. The van der Waals surface area contributed by atoms with Crippen LogP contribution in [0.2, 0.25) is 0 Å². The molecular formula is C20H23N3O. The molecule has 3 aliphatic rings. The normalized spacial score (nSPS) is 38.4. The van der Waals surface area contributed by atoms with E-state index in [4.69, 9.17) is 0 Å². The van der Waals surface area contributed by atoms with Crippen molar-refractivity contribution in [2.24, 2.45) is 29.7 Å². The van der Waals surface area contributed by atoms with Crippen LogP contribution in [0.4, 0.5) is 0 Å². The molecule has 0 spiro atoms. The largest absolute Gasteiger partial charge is 0.349 e. The van der Waals surface area contributed by atoms with Crippen LogP contribution >= 0.6 is 0 Å². The fourth-order valence-electron chi connectivity index (χ4n) is 6.03. The lowest BCUT2D eigenvalue weighted by Gasteiger charge is -2.34. The first kappa shape index (κ1) is 14.3. The van der Waals surface area contributed by atoms with Crippen LogP contribution in [0.25, 0.3) is 11.3 Å². The number of amides is 1. The van der Waals surface area contributed by atoms with E-state index in [0.717, 1.165) is 29.5 Å². The average Bonchev–Trinajstić information content (AvgIpc) is 2.85. The minimum absolute atomic E-state index is 0.0173. The van der Waals surface area contributed by atoms with Gasteiger partial charge in [-0.3, -0.25) is 9.48 Å². The first-order valence-corrected chi connectivity index (χ1v) is 8.86. The Bertz CT molecular complexity index is 836. The smallest absolute Gasteiger partial charge is 0.255 e. The third-order valence-electron chi connectivity index (χ3n) is 7.67. The highest BCUT2D eigenvalue weighted by atomic mass is 16.1. The van der Waals surface area contributed by atoms with Gasteiger partial charge in [0.15, 0.2) is 0 Å². The molecule has 1 amide bonds. The second-order valence-corrected chi connectivity index (χ2v) is 8.21. The molecule has 24 heavy (non-hydrogen) atoms. The second kappa shape index (κ2) is 4.29. The van der Waals surface area contributed by atoms with Crippen molar-refractivity contribution in [2.75, 3.05) is 0 Å². The van der Waals surface area contributed by atoms with Gasteiger partial charge in [-0.1, -0.05) is 44.2 Å². The Hall–Kier alpha value is -2.10. The molecule has 0 bridgehead atoms. The van der Waals surface area contributed by atoms with Gasteiger partial charge < -0.3 is 5.32 Å². The highest BCUT2D eigenvalue weighted by Crippen LogP contribution is 2.89. The van der Waals surface area contributed by atoms with Gasteiger partial charge in [-0.15, -0.1) is 0 Å². The molecule has 3 aliphatic carbocycles. The number of hydrogen-bond donors (Lipinski definition) is 1. The van der Waals surface area contributed by atoms with Crippen molar-refractivity contribution in [3.8, 4) is 11.3 Å². The molecule has 2 aromatic rings. The summed E-state index contributed by atoms with van der Waals surface area (Å²) in [6, 6.07) is 10.3. The minimum Gasteiger partial charge on any atom is -0.349 e. The number of aromatic nitrogens is 2. The molecular weight excluding hydrogens is 298 g/mol. The van der Waals surface area contributed by atoms with Crippen molar-refractivity contribution in [3.63, 3.8) is 0 Å². The van der Waals surface area contributed by atoms with Gasteiger partial charge in [0.2, 0.25) is 0 Å². The van der Waals surface area contributed by atoms with Gasteiger partial charge >= 0.3 is 0 Å². The third-order valence-corrected chi connectivity index (χ3v) is 7.67. The first-order chi connectivity index (χ1) is 11.5. The Morgan fingerprint density at radius 3 is 2.58 bits per heavy atom. The number of fused-ring (bicyclic) bond motifs is 1. The number of carbonyl (C=O) groups is 1. The highest BCUT2D eigenvalue weighted by molar-refractivity contribution is 6.00. The summed E-state index contributed by atoms with van der Waals surface area (Å²) in [4.78, 5) is 13.0. The third kappa shape index (κ3) is 1.45. The molecule has 4 heteroatoms. The summed E-state index contributed by atoms with van der Waals surface area (Å²) in [5.41, 5.74) is 3.39. The SMILES string of the molecule is Cn1ncc(C(=O)N[C@@H]2C[C@@H]3C[C@H]4C3(C)[C@@]24C)c1-c1ccccc1. The zero-order chi connectivity index (χ0) is 16.7. The topological polar surface area (TPSA) is 46.9 Å². The fourth-order valence-corrected chi connectivity index (χ4v) is 6.03. The Kier molecular flexibility index (Phi) is 2.55. The van der Waals surface area contributed by atoms with Gasteiger partial charge in [0.05, 0.1) is 17.5 Å². The molecule has 0 saturated heterocycles. The van der Waals surface area contributed by atoms with Gasteiger partial charge in [-0.05, 0) is 35.5 Å². The van der Waals surface area contributed by atoms with Crippen LogP contribution in [-0.4, -0.2) is 21.7 Å². The number of aryl methyl sites for hydroxylation is 1. The van der Waals surface area contributed by atoms with E-state index in [1.807, 2.05) is 37.4 Å². The molecule has 124 valence electrons. The van der Waals surface area contributed by atoms with Gasteiger partial charge in [0, 0.05) is 18.7 Å². The summed E-state index contributed by atoms with van der Waals surface area (Å²) >= 11 is 0. The molecule has 0 radical (unpaired) electrons. The monoisotopic (exact) mass is 321 g/mol. The van der Waals surface area contributed by atoms with Crippen LogP contribution in [0.3, 0.4) is 0 Å². The first-order valence-electron chi connectivity index (χ1n) is 8.86. The number of nitrogens with one attached hydrogen (secondary N) is 1. The maximum absolute atomic E-state index is 13.0. The molecule has 3 saturated carbocycles. The number of nitrogens with zero attached hydrogens (tertiary/aromatic N) is 2. The lowest BCUT2D eigenvalue weighted by atomic mass is 9.73. The summed E-state index contributed by atoms with van der Waals surface area (Å²) in [5.74, 6) is 1.64. The van der Waals surface area contributed by atoms with Gasteiger partial charge in [0.1, 0.15) is 0 Å². The van der Waals surface area contributed by atoms with Crippen LogP contribution in [0, 0.1) is 22.7 Å². The van der Waals surface area contributed by atoms with E-state index < -0.39 is 0 Å². The second-order valence-electron chi connectivity index (χ2n) is 8.21. The van der Waals surface area contributed by atoms with Crippen LogP contribution in [0.15, 0.2) is 36.5 Å². The predicted molar refractivity (Wildman–Crippen MR) is 92.3 cm³/mol. The van der Waals surface area contributed by atoms with Gasteiger partial charge in [-0.2, -0.15) is 5.10 Å². The van der Waals surface area contributed by atoms with Crippen molar-refractivity contribution < 1.29 is 4.79 Å². The summed E-state index contributed by atoms with van der Waals surface area (Å²) in [5, 5.41) is 7.67. The summed E-state index contributed by atoms with van der Waals surface area (Å²) in [7, 11) is 1.89. The van der Waals surface area contributed by atoms with Gasteiger partial charge in [0.25, 0.3) is 5.91 Å². The minimum atomic E-state index is 0.0173. The number of hydrogen-bond acceptors (Lipinski definition) is 2. The average molecular weight is 321 g/mol. The molecule has 4 nitrogen and oxygen atoms in total. The van der Waals surface area contributed by atoms with E-state index in [-0.39, 0.29) is 5.91 Å². The highest BCUT2D eigenvalue weighted by Gasteiger charge is 2.86. The van der Waals surface area contributed by atoms with Crippen molar-refractivity contribution in [1.82, 2.24) is 15.1 Å². The van der Waals surface area contributed by atoms with Crippen LogP contribution in [0.5, 0.6) is 0 Å². The number of carbonyl (C=O) groups excluding carboxylic acids is 1. The zero-order valence-electron chi connectivity index (χ0n) is 14.4. The number of rotatable bonds is 3. The van der Waals surface area contributed by atoms with E-state index in [1.165, 1.54) is 6.42 Å². The van der Waals surface area contributed by atoms with E-state index in [0.29, 0.717) is 22.4 Å². The van der Waals surface area contributed by atoms with E-state index in [1.54, 1.807) is 10.9 Å². The molecule has 5 rings (SSSR count). The maximum atomic E-state index is 13.0. The molecule has 1 N–H and O–H groups in total. The van der Waals surface area contributed by atoms with Crippen molar-refractivity contribution >= 4 is 5.91 Å². The Labute approximate surface area is 142 Å². The standard InChI is InChI=1S/C20H23N3O/c1-19-13-9-15(19)20(19,2)16(10-13)22-18(24)14-11-21-23(3)17(14)12-7-5-4-6-8-12/h4-8,11,13,15-16H,9-10H2,1-3H3,(H,22,24)/t13-,15-,16+,19?,20+/m0/s1. The fraction of sp³-hybridized carbons (Fsp3) is 0.500. The Morgan fingerprint density at radius 2 is 1.96 bits per heavy atom. The Morgan fingerprint density at radius 1 is 1.21 bits per heavy atom. The van der Waals surface area contributed by atoms with Crippen molar-refractivity contribution in [1.29, 1.82) is 0 Å². The summed E-state index contributed by atoms with van der Waals surface area (Å²) < 4.78 is 1.79. The molecule has 5 atom stereocenters. The Balaban J connectivity index is 1.43. The summed E-state index contributed by atoms with van der Waals surface area (Å²) in [6.45, 7) is 4.79. The molecule has 1 aromatic heterocycles. The predicted octanol–water partition coefficient (Wildman–Crippen LogP) is 3.25. The van der Waals surface area contributed by atoms with E-state index >= 15 is 0 Å². The van der Waals surface area contributed by atoms with Crippen molar-refractivity contribution in [2.45, 2.75) is 32.7 Å². The van der Waals surface area contributed by atoms with Crippen molar-refractivity contribution in [3.05, 3.63) is 42.1 Å².